The smallest absolute Gasteiger partial charge is 0.118 e. The molecule has 6 heteroatoms. The highest BCUT2D eigenvalue weighted by atomic mass is 16.5. The Hall–Kier alpha value is -2.12. The van der Waals surface area contributed by atoms with Gasteiger partial charge in [0, 0.05) is 13.2 Å². The summed E-state index contributed by atoms with van der Waals surface area (Å²) in [5, 5.41) is 13.6. The van der Waals surface area contributed by atoms with E-state index in [0.717, 1.165) is 35.6 Å². The fraction of sp³-hybridized carbons (Fsp3) is 0.500. The third-order valence-corrected chi connectivity index (χ3v) is 4.62. The van der Waals surface area contributed by atoms with Crippen molar-refractivity contribution in [1.29, 1.82) is 0 Å². The molecule has 2 aromatic carbocycles. The molecular formula is C24H35NO5. The number of aliphatic hydroxyl groups excluding tert-OH is 1. The maximum atomic E-state index is 10.3. The van der Waals surface area contributed by atoms with Crippen molar-refractivity contribution in [2.24, 2.45) is 0 Å². The maximum absolute atomic E-state index is 10.3. The topological polar surface area (TPSA) is 69.2 Å². The van der Waals surface area contributed by atoms with Crippen molar-refractivity contribution in [1.82, 2.24) is 5.32 Å². The third kappa shape index (κ3) is 8.32. The van der Waals surface area contributed by atoms with E-state index in [4.69, 9.17) is 18.9 Å². The van der Waals surface area contributed by atoms with Crippen LogP contribution in [0.4, 0.5) is 0 Å². The van der Waals surface area contributed by atoms with Crippen LogP contribution in [0.1, 0.15) is 37.5 Å². The van der Waals surface area contributed by atoms with Crippen molar-refractivity contribution < 1.29 is 24.1 Å². The van der Waals surface area contributed by atoms with Gasteiger partial charge in [-0.15, -0.1) is 0 Å². The third-order valence-electron chi connectivity index (χ3n) is 4.62. The monoisotopic (exact) mass is 417 g/mol. The highest BCUT2D eigenvalue weighted by molar-refractivity contribution is 5.36. The molecule has 1 atom stereocenters. The van der Waals surface area contributed by atoms with Crippen LogP contribution in [0.3, 0.4) is 0 Å². The van der Waals surface area contributed by atoms with Gasteiger partial charge in [-0.05, 0) is 62.2 Å². The number of hydrogen-bond donors (Lipinski definition) is 2. The van der Waals surface area contributed by atoms with Gasteiger partial charge in [0.05, 0.1) is 33.0 Å². The van der Waals surface area contributed by atoms with E-state index in [-0.39, 0.29) is 18.8 Å². The Bertz CT molecular complexity index is 655. The lowest BCUT2D eigenvalue weighted by molar-refractivity contribution is 0.00627. The largest absolute Gasteiger partial charge is 0.497 e. The minimum atomic E-state index is -0.602. The van der Waals surface area contributed by atoms with E-state index in [2.05, 4.69) is 5.32 Å². The molecule has 6 nitrogen and oxygen atoms in total. The lowest BCUT2D eigenvalue weighted by Gasteiger charge is -2.22. The average molecular weight is 418 g/mol. The van der Waals surface area contributed by atoms with Crippen LogP contribution in [0, 0.1) is 0 Å². The molecule has 2 N–H and O–H groups in total. The van der Waals surface area contributed by atoms with E-state index in [1.54, 1.807) is 14.2 Å². The van der Waals surface area contributed by atoms with E-state index in [0.29, 0.717) is 13.2 Å². The van der Waals surface area contributed by atoms with Crippen LogP contribution in [0.2, 0.25) is 0 Å². The van der Waals surface area contributed by atoms with E-state index >= 15 is 0 Å². The van der Waals surface area contributed by atoms with Gasteiger partial charge in [0.2, 0.25) is 0 Å². The van der Waals surface area contributed by atoms with E-state index in [1.165, 1.54) is 0 Å². The van der Waals surface area contributed by atoms with E-state index < -0.39 is 6.10 Å². The Morgan fingerprint density at radius 2 is 1.37 bits per heavy atom. The first-order valence-electron chi connectivity index (χ1n) is 10.4. The fourth-order valence-corrected chi connectivity index (χ4v) is 2.99. The SMILES string of the molecule is COc1ccc(C(OC[C@H](O)CNCCCOC(C)C)c2ccc(OC)cc2)cc1. The summed E-state index contributed by atoms with van der Waals surface area (Å²) in [6.45, 7) is 6.25. The zero-order valence-corrected chi connectivity index (χ0v) is 18.5. The van der Waals surface area contributed by atoms with Crippen molar-refractivity contribution in [2.75, 3.05) is 40.5 Å². The predicted octanol–water partition coefficient (Wildman–Crippen LogP) is 3.58. The van der Waals surface area contributed by atoms with Gasteiger partial charge in [0.1, 0.15) is 17.6 Å². The molecule has 0 saturated heterocycles. The summed E-state index contributed by atoms with van der Waals surface area (Å²) in [4.78, 5) is 0. The van der Waals surface area contributed by atoms with Crippen LogP contribution in [-0.2, 0) is 9.47 Å². The number of hydrogen-bond acceptors (Lipinski definition) is 6. The minimum absolute atomic E-state index is 0.220. The second-order valence-electron chi connectivity index (χ2n) is 7.39. The van der Waals surface area contributed by atoms with Crippen LogP contribution in [0.25, 0.3) is 0 Å². The molecule has 30 heavy (non-hydrogen) atoms. The number of methoxy groups -OCH3 is 2. The highest BCUT2D eigenvalue weighted by Gasteiger charge is 2.17. The van der Waals surface area contributed by atoms with E-state index in [9.17, 15) is 5.11 Å². The van der Waals surface area contributed by atoms with Gasteiger partial charge >= 0.3 is 0 Å². The summed E-state index contributed by atoms with van der Waals surface area (Å²) in [6, 6.07) is 15.6. The Kier molecular flexibility index (Phi) is 10.7. The molecule has 0 amide bonds. The average Bonchev–Trinajstić information content (AvgIpc) is 2.77. The predicted molar refractivity (Wildman–Crippen MR) is 118 cm³/mol. The molecule has 2 rings (SSSR count). The highest BCUT2D eigenvalue weighted by Crippen LogP contribution is 2.29. The first-order valence-corrected chi connectivity index (χ1v) is 10.4. The zero-order chi connectivity index (χ0) is 21.8. The lowest BCUT2D eigenvalue weighted by Crippen LogP contribution is -2.32. The molecule has 0 fully saturated rings. The summed E-state index contributed by atoms with van der Waals surface area (Å²) in [5.74, 6) is 1.58. The van der Waals surface area contributed by atoms with Gasteiger partial charge in [-0.25, -0.2) is 0 Å². The zero-order valence-electron chi connectivity index (χ0n) is 18.5. The number of nitrogens with one attached hydrogen (secondary N) is 1. The van der Waals surface area contributed by atoms with Crippen LogP contribution >= 0.6 is 0 Å². The first-order chi connectivity index (χ1) is 14.5. The molecule has 0 aliphatic rings. The van der Waals surface area contributed by atoms with Gasteiger partial charge in [-0.2, -0.15) is 0 Å². The standard InChI is InChI=1S/C24H35NO5/c1-18(2)29-15-5-14-25-16-21(26)17-30-24(19-6-10-22(27-3)11-7-19)20-8-12-23(28-4)13-9-20/h6-13,18,21,24-26H,5,14-17H2,1-4H3/t21-/m1/s1. The normalized spacial score (nSPS) is 12.4. The summed E-state index contributed by atoms with van der Waals surface area (Å²) in [5.41, 5.74) is 1.99. The number of ether oxygens (including phenoxy) is 4. The summed E-state index contributed by atoms with van der Waals surface area (Å²) >= 11 is 0. The fourth-order valence-electron chi connectivity index (χ4n) is 2.99. The molecule has 0 spiro atoms. The second kappa shape index (κ2) is 13.2. The molecule has 0 aliphatic carbocycles. The van der Waals surface area contributed by atoms with Gasteiger partial charge in [0.15, 0.2) is 0 Å². The number of rotatable bonds is 14. The quantitative estimate of drug-likeness (QED) is 0.458. The Morgan fingerprint density at radius 1 is 0.833 bits per heavy atom. The summed E-state index contributed by atoms with van der Waals surface area (Å²) in [7, 11) is 3.29. The van der Waals surface area contributed by atoms with Gasteiger partial charge in [0.25, 0.3) is 0 Å². The molecule has 0 aliphatic heterocycles. The van der Waals surface area contributed by atoms with Crippen LogP contribution in [-0.4, -0.2) is 57.8 Å². The second-order valence-corrected chi connectivity index (χ2v) is 7.39. The van der Waals surface area contributed by atoms with Gasteiger partial charge in [-0.3, -0.25) is 0 Å². The van der Waals surface area contributed by atoms with Crippen LogP contribution < -0.4 is 14.8 Å². The van der Waals surface area contributed by atoms with Crippen molar-refractivity contribution in [3.05, 3.63) is 59.7 Å². The van der Waals surface area contributed by atoms with Crippen molar-refractivity contribution in [3.63, 3.8) is 0 Å². The molecule has 0 radical (unpaired) electrons. The van der Waals surface area contributed by atoms with Crippen molar-refractivity contribution in [2.45, 2.75) is 38.6 Å². The lowest BCUT2D eigenvalue weighted by atomic mass is 10.0. The number of benzene rings is 2. The molecule has 0 saturated carbocycles. The van der Waals surface area contributed by atoms with Gasteiger partial charge in [-0.1, -0.05) is 24.3 Å². The van der Waals surface area contributed by atoms with Crippen LogP contribution in [0.15, 0.2) is 48.5 Å². The number of aliphatic hydroxyl groups is 1. The Labute approximate surface area is 180 Å². The molecule has 0 aromatic heterocycles. The minimum Gasteiger partial charge on any atom is -0.497 e. The summed E-state index contributed by atoms with van der Waals surface area (Å²) < 4.78 is 22.2. The molecule has 0 unspecified atom stereocenters. The van der Waals surface area contributed by atoms with Crippen LogP contribution in [0.5, 0.6) is 11.5 Å². The molecular weight excluding hydrogens is 382 g/mol. The molecule has 2 aromatic rings. The van der Waals surface area contributed by atoms with Crippen molar-refractivity contribution >= 4 is 0 Å². The maximum Gasteiger partial charge on any atom is 0.118 e. The molecule has 0 heterocycles. The van der Waals surface area contributed by atoms with Crippen molar-refractivity contribution in [3.8, 4) is 11.5 Å². The summed E-state index contributed by atoms with van der Waals surface area (Å²) in [6.07, 6.45) is 0.259. The first kappa shape index (κ1) is 24.2. The Balaban J connectivity index is 1.92. The van der Waals surface area contributed by atoms with Gasteiger partial charge < -0.3 is 29.4 Å². The molecule has 0 bridgehead atoms. The van der Waals surface area contributed by atoms with E-state index in [1.807, 2.05) is 62.4 Å². The Morgan fingerprint density at radius 3 is 1.83 bits per heavy atom. The molecule has 166 valence electrons.